The number of ketones is 1. The Morgan fingerprint density at radius 1 is 1.67 bits per heavy atom. The summed E-state index contributed by atoms with van der Waals surface area (Å²) in [4.78, 5) is 10.8. The molecule has 2 N–H and O–H groups in total. The molecule has 0 aromatic heterocycles. The molecule has 1 atom stereocenters. The molecular weight excluding hydrogens is 114 g/mol. The van der Waals surface area contributed by atoms with Gasteiger partial charge in [-0.3, -0.25) is 4.79 Å². The number of carbonyl (C=O) groups is 1. The number of carbonyl (C=O) groups excluding carboxylic acids is 1. The predicted molar refractivity (Wildman–Crippen MR) is 38.2 cm³/mol. The van der Waals surface area contributed by atoms with Gasteiger partial charge in [-0.05, 0) is 13.3 Å². The summed E-state index contributed by atoms with van der Waals surface area (Å²) in [6.07, 6.45) is 2.69. The maximum atomic E-state index is 10.8. The van der Waals surface area contributed by atoms with Crippen LogP contribution < -0.4 is 5.73 Å². The number of hydrogen-bond acceptors (Lipinski definition) is 2. The molecule has 2 nitrogen and oxygen atoms in total. The van der Waals surface area contributed by atoms with E-state index in [-0.39, 0.29) is 11.8 Å². The molecule has 9 heavy (non-hydrogen) atoms. The van der Waals surface area contributed by atoms with Crippen LogP contribution >= 0.6 is 0 Å². The molecule has 54 valence electrons. The van der Waals surface area contributed by atoms with Crippen molar-refractivity contribution in [2.45, 2.75) is 39.2 Å². The summed E-state index contributed by atoms with van der Waals surface area (Å²) in [5.41, 5.74) is 5.33. The lowest BCUT2D eigenvalue weighted by Gasteiger charge is -2.00. The van der Waals surface area contributed by atoms with E-state index in [1.807, 2.05) is 0 Å². The van der Waals surface area contributed by atoms with Crippen molar-refractivity contribution in [3.05, 3.63) is 0 Å². The van der Waals surface area contributed by atoms with Crippen molar-refractivity contribution in [2.75, 3.05) is 0 Å². The van der Waals surface area contributed by atoms with E-state index in [1.54, 1.807) is 6.92 Å². The molecule has 0 rings (SSSR count). The Morgan fingerprint density at radius 3 is 2.56 bits per heavy atom. The summed E-state index contributed by atoms with van der Waals surface area (Å²) in [7, 11) is 0. The van der Waals surface area contributed by atoms with Gasteiger partial charge in [-0.25, -0.2) is 0 Å². The van der Waals surface area contributed by atoms with Crippen molar-refractivity contribution in [1.29, 1.82) is 0 Å². The lowest BCUT2D eigenvalue weighted by molar-refractivity contribution is -0.120. The summed E-state index contributed by atoms with van der Waals surface area (Å²) in [6, 6.07) is -0.267. The Labute approximate surface area is 56.4 Å². The molecule has 0 aliphatic heterocycles. The third-order valence-corrected chi connectivity index (χ3v) is 1.28. The van der Waals surface area contributed by atoms with Gasteiger partial charge < -0.3 is 5.73 Å². The minimum atomic E-state index is -0.267. The van der Waals surface area contributed by atoms with Crippen molar-refractivity contribution < 1.29 is 4.79 Å². The first kappa shape index (κ1) is 8.63. The monoisotopic (exact) mass is 129 g/mol. The molecule has 0 saturated heterocycles. The molecule has 0 amide bonds. The van der Waals surface area contributed by atoms with E-state index in [2.05, 4.69) is 6.92 Å². The van der Waals surface area contributed by atoms with Crippen LogP contribution in [0.25, 0.3) is 0 Å². The standard InChI is InChI=1S/C7H15NO/c1-3-4-5-7(9)6(2)8/h6H,3-5,8H2,1-2H3. The van der Waals surface area contributed by atoms with Crippen molar-refractivity contribution in [2.24, 2.45) is 5.73 Å². The molecular formula is C7H15NO. The summed E-state index contributed by atoms with van der Waals surface area (Å²) < 4.78 is 0. The van der Waals surface area contributed by atoms with Gasteiger partial charge in [0.1, 0.15) is 5.78 Å². The van der Waals surface area contributed by atoms with Crippen LogP contribution in [-0.4, -0.2) is 11.8 Å². The van der Waals surface area contributed by atoms with Crippen LogP contribution in [0.5, 0.6) is 0 Å². The molecule has 1 unspecified atom stereocenters. The SMILES string of the molecule is CCCCC(=O)C(C)N. The second-order valence-electron chi connectivity index (χ2n) is 2.36. The number of hydrogen-bond donors (Lipinski definition) is 1. The third-order valence-electron chi connectivity index (χ3n) is 1.28. The highest BCUT2D eigenvalue weighted by molar-refractivity contribution is 5.83. The highest BCUT2D eigenvalue weighted by Gasteiger charge is 2.04. The van der Waals surface area contributed by atoms with E-state index < -0.39 is 0 Å². The molecule has 0 aromatic carbocycles. The van der Waals surface area contributed by atoms with Crippen LogP contribution in [0.2, 0.25) is 0 Å². The molecule has 0 heterocycles. The van der Waals surface area contributed by atoms with Crippen LogP contribution in [0.1, 0.15) is 33.1 Å². The summed E-state index contributed by atoms with van der Waals surface area (Å²) >= 11 is 0. The summed E-state index contributed by atoms with van der Waals surface area (Å²) in [6.45, 7) is 3.80. The smallest absolute Gasteiger partial charge is 0.149 e. The topological polar surface area (TPSA) is 43.1 Å². The lowest BCUT2D eigenvalue weighted by Crippen LogP contribution is -2.26. The maximum absolute atomic E-state index is 10.8. The highest BCUT2D eigenvalue weighted by Crippen LogP contribution is 1.96. The maximum Gasteiger partial charge on any atom is 0.149 e. The van der Waals surface area contributed by atoms with Gasteiger partial charge in [0.25, 0.3) is 0 Å². The predicted octanol–water partition coefficient (Wildman–Crippen LogP) is 1.09. The highest BCUT2D eigenvalue weighted by atomic mass is 16.1. The summed E-state index contributed by atoms with van der Waals surface area (Å²) in [5, 5.41) is 0. The molecule has 0 aromatic rings. The van der Waals surface area contributed by atoms with Gasteiger partial charge in [-0.15, -0.1) is 0 Å². The van der Waals surface area contributed by atoms with Gasteiger partial charge in [0, 0.05) is 6.42 Å². The zero-order chi connectivity index (χ0) is 7.28. The first-order valence-electron chi connectivity index (χ1n) is 3.46. The molecule has 0 aliphatic rings. The van der Waals surface area contributed by atoms with Gasteiger partial charge in [0.05, 0.1) is 6.04 Å². The Kier molecular flexibility index (Phi) is 4.32. The molecule has 0 radical (unpaired) electrons. The van der Waals surface area contributed by atoms with Gasteiger partial charge in [0.15, 0.2) is 0 Å². The normalized spacial score (nSPS) is 13.2. The zero-order valence-corrected chi connectivity index (χ0v) is 6.18. The van der Waals surface area contributed by atoms with E-state index >= 15 is 0 Å². The van der Waals surface area contributed by atoms with Gasteiger partial charge in [-0.2, -0.15) is 0 Å². The second kappa shape index (κ2) is 4.50. The molecule has 0 bridgehead atoms. The number of nitrogens with two attached hydrogens (primary N) is 1. The van der Waals surface area contributed by atoms with Crippen molar-refractivity contribution in [3.8, 4) is 0 Å². The number of unbranched alkanes of at least 4 members (excludes halogenated alkanes) is 1. The largest absolute Gasteiger partial charge is 0.322 e. The van der Waals surface area contributed by atoms with Crippen molar-refractivity contribution >= 4 is 5.78 Å². The van der Waals surface area contributed by atoms with Gasteiger partial charge in [0.2, 0.25) is 0 Å². The molecule has 0 spiro atoms. The zero-order valence-electron chi connectivity index (χ0n) is 6.18. The minimum absolute atomic E-state index is 0.178. The fourth-order valence-electron chi connectivity index (χ4n) is 0.579. The Bertz CT molecular complexity index is 88.9. The number of rotatable bonds is 4. The van der Waals surface area contributed by atoms with Crippen molar-refractivity contribution in [3.63, 3.8) is 0 Å². The molecule has 2 heteroatoms. The Balaban J connectivity index is 3.28. The average molecular weight is 129 g/mol. The van der Waals surface area contributed by atoms with Crippen LogP contribution in [0, 0.1) is 0 Å². The van der Waals surface area contributed by atoms with Crippen LogP contribution in [0.4, 0.5) is 0 Å². The Hall–Kier alpha value is -0.370. The number of Topliss-reactive ketones (excluding diaryl/α,β-unsaturated/α-hetero) is 1. The summed E-state index contributed by atoms with van der Waals surface area (Å²) in [5.74, 6) is 0.178. The quantitative estimate of drug-likeness (QED) is 0.617. The molecule has 0 aliphatic carbocycles. The second-order valence-corrected chi connectivity index (χ2v) is 2.36. The molecule has 0 fully saturated rings. The fraction of sp³-hybridized carbons (Fsp3) is 0.857. The van der Waals surface area contributed by atoms with Crippen LogP contribution in [-0.2, 0) is 4.79 Å². The first-order valence-corrected chi connectivity index (χ1v) is 3.46. The minimum Gasteiger partial charge on any atom is -0.322 e. The van der Waals surface area contributed by atoms with E-state index in [9.17, 15) is 4.79 Å². The fourth-order valence-corrected chi connectivity index (χ4v) is 0.579. The van der Waals surface area contributed by atoms with Crippen LogP contribution in [0.3, 0.4) is 0 Å². The Morgan fingerprint density at radius 2 is 2.22 bits per heavy atom. The van der Waals surface area contributed by atoms with Crippen LogP contribution in [0.15, 0.2) is 0 Å². The van der Waals surface area contributed by atoms with E-state index in [0.29, 0.717) is 6.42 Å². The van der Waals surface area contributed by atoms with E-state index in [4.69, 9.17) is 5.73 Å². The average Bonchev–Trinajstić information content (AvgIpc) is 1.82. The van der Waals surface area contributed by atoms with Gasteiger partial charge >= 0.3 is 0 Å². The van der Waals surface area contributed by atoms with Crippen molar-refractivity contribution in [1.82, 2.24) is 0 Å². The molecule has 0 saturated carbocycles. The lowest BCUT2D eigenvalue weighted by atomic mass is 10.1. The van der Waals surface area contributed by atoms with Gasteiger partial charge in [-0.1, -0.05) is 13.3 Å². The third kappa shape index (κ3) is 4.15. The van der Waals surface area contributed by atoms with E-state index in [0.717, 1.165) is 12.8 Å². The van der Waals surface area contributed by atoms with E-state index in [1.165, 1.54) is 0 Å². The first-order chi connectivity index (χ1) is 4.18.